The Morgan fingerprint density at radius 1 is 1.00 bits per heavy atom. The molecule has 1 atom stereocenters. The van der Waals surface area contributed by atoms with Gasteiger partial charge in [0.05, 0.1) is 0 Å². The van der Waals surface area contributed by atoms with Gasteiger partial charge in [-0.3, -0.25) is 9.59 Å². The topological polar surface area (TPSA) is 84.5 Å². The molecule has 0 radical (unpaired) electrons. The molecule has 0 fully saturated rings. The summed E-state index contributed by atoms with van der Waals surface area (Å²) in [5.41, 5.74) is 1.42. The largest absolute Gasteiger partial charge is 0.454 e. The predicted molar refractivity (Wildman–Crippen MR) is 110 cm³/mol. The highest BCUT2D eigenvalue weighted by molar-refractivity contribution is 7.98. The second kappa shape index (κ2) is 11.8. The van der Waals surface area contributed by atoms with Crippen molar-refractivity contribution < 1.29 is 19.1 Å². The van der Waals surface area contributed by atoms with Gasteiger partial charge in [0.15, 0.2) is 6.61 Å². The van der Waals surface area contributed by atoms with E-state index in [0.717, 1.165) is 5.56 Å². The average Bonchev–Trinajstić information content (AvgIpc) is 2.74. The Bertz CT molecular complexity index is 768. The first kappa shape index (κ1) is 21.5. The fourth-order valence-corrected chi connectivity index (χ4v) is 2.87. The van der Waals surface area contributed by atoms with Crippen molar-refractivity contribution in [2.45, 2.75) is 19.0 Å². The van der Waals surface area contributed by atoms with Gasteiger partial charge in [0.25, 0.3) is 11.8 Å². The molecule has 2 amide bonds. The Morgan fingerprint density at radius 2 is 1.64 bits per heavy atom. The number of ether oxygens (including phenoxy) is 1. The van der Waals surface area contributed by atoms with E-state index < -0.39 is 17.9 Å². The molecule has 7 heteroatoms. The highest BCUT2D eigenvalue weighted by Gasteiger charge is 2.23. The number of hydrogen-bond acceptors (Lipinski definition) is 5. The summed E-state index contributed by atoms with van der Waals surface area (Å²) in [4.78, 5) is 36.6. The first-order chi connectivity index (χ1) is 13.6. The zero-order valence-corrected chi connectivity index (χ0v) is 16.5. The van der Waals surface area contributed by atoms with Crippen LogP contribution in [0.5, 0.6) is 0 Å². The molecule has 0 spiro atoms. The van der Waals surface area contributed by atoms with Gasteiger partial charge in [-0.15, -0.1) is 0 Å². The molecule has 0 aliphatic rings. The summed E-state index contributed by atoms with van der Waals surface area (Å²) in [5.74, 6) is -0.685. The standard InChI is InChI=1S/C21H24N2O4S/c1-28-13-12-18(23-20(25)17-10-6-3-7-11-17)21(26)27-15-19(24)22-14-16-8-4-2-5-9-16/h2-11,18H,12-15H2,1H3,(H,22,24)(H,23,25)/t18-/m0/s1. The minimum atomic E-state index is -0.804. The number of amides is 2. The van der Waals surface area contributed by atoms with E-state index in [1.165, 1.54) is 0 Å². The van der Waals surface area contributed by atoms with E-state index in [0.29, 0.717) is 24.3 Å². The van der Waals surface area contributed by atoms with Crippen LogP contribution in [-0.4, -0.2) is 42.4 Å². The Morgan fingerprint density at radius 3 is 2.29 bits per heavy atom. The minimum Gasteiger partial charge on any atom is -0.454 e. The van der Waals surface area contributed by atoms with Crippen LogP contribution in [0.2, 0.25) is 0 Å². The van der Waals surface area contributed by atoms with Gasteiger partial charge in [0.2, 0.25) is 0 Å². The molecule has 0 aliphatic carbocycles. The fourth-order valence-electron chi connectivity index (χ4n) is 2.40. The van der Waals surface area contributed by atoms with Crippen LogP contribution in [-0.2, 0) is 20.9 Å². The average molecular weight is 401 g/mol. The van der Waals surface area contributed by atoms with Gasteiger partial charge in [-0.1, -0.05) is 48.5 Å². The van der Waals surface area contributed by atoms with Gasteiger partial charge >= 0.3 is 5.97 Å². The maximum absolute atomic E-state index is 12.4. The smallest absolute Gasteiger partial charge is 0.329 e. The van der Waals surface area contributed by atoms with E-state index in [2.05, 4.69) is 10.6 Å². The van der Waals surface area contributed by atoms with Crippen molar-refractivity contribution in [3.63, 3.8) is 0 Å². The van der Waals surface area contributed by atoms with E-state index in [4.69, 9.17) is 4.74 Å². The molecule has 2 aromatic carbocycles. The second-order valence-electron chi connectivity index (χ2n) is 6.04. The molecule has 0 aliphatic heterocycles. The van der Waals surface area contributed by atoms with E-state index in [-0.39, 0.29) is 12.5 Å². The van der Waals surface area contributed by atoms with Crippen LogP contribution in [0.4, 0.5) is 0 Å². The summed E-state index contributed by atoms with van der Waals surface area (Å²) < 4.78 is 5.11. The highest BCUT2D eigenvalue weighted by atomic mass is 32.2. The molecule has 0 saturated carbocycles. The van der Waals surface area contributed by atoms with Crippen LogP contribution in [0, 0.1) is 0 Å². The summed E-state index contributed by atoms with van der Waals surface area (Å²) >= 11 is 1.56. The van der Waals surface area contributed by atoms with E-state index >= 15 is 0 Å². The molecule has 0 bridgehead atoms. The number of hydrogen-bond donors (Lipinski definition) is 2. The molecule has 2 aromatic rings. The number of nitrogens with one attached hydrogen (secondary N) is 2. The molecular weight excluding hydrogens is 376 g/mol. The molecule has 2 N–H and O–H groups in total. The number of esters is 1. The lowest BCUT2D eigenvalue weighted by Crippen LogP contribution is -2.43. The molecule has 0 aromatic heterocycles. The maximum atomic E-state index is 12.4. The number of benzene rings is 2. The van der Waals surface area contributed by atoms with Gasteiger partial charge in [0.1, 0.15) is 6.04 Å². The SMILES string of the molecule is CSCC[C@H](NC(=O)c1ccccc1)C(=O)OCC(=O)NCc1ccccc1. The van der Waals surface area contributed by atoms with Crippen LogP contribution < -0.4 is 10.6 Å². The maximum Gasteiger partial charge on any atom is 0.329 e. The third-order valence-electron chi connectivity index (χ3n) is 3.91. The number of thioether (sulfide) groups is 1. The van der Waals surface area contributed by atoms with Crippen molar-refractivity contribution in [1.29, 1.82) is 0 Å². The highest BCUT2D eigenvalue weighted by Crippen LogP contribution is 2.06. The zero-order chi connectivity index (χ0) is 20.2. The molecule has 0 heterocycles. The first-order valence-electron chi connectivity index (χ1n) is 8.92. The van der Waals surface area contributed by atoms with Crippen LogP contribution in [0.15, 0.2) is 60.7 Å². The van der Waals surface area contributed by atoms with Crippen LogP contribution >= 0.6 is 11.8 Å². The van der Waals surface area contributed by atoms with Gasteiger partial charge in [-0.2, -0.15) is 11.8 Å². The van der Waals surface area contributed by atoms with Gasteiger partial charge < -0.3 is 15.4 Å². The Balaban J connectivity index is 1.84. The zero-order valence-electron chi connectivity index (χ0n) is 15.7. The van der Waals surface area contributed by atoms with Gasteiger partial charge in [-0.25, -0.2) is 4.79 Å². The summed E-state index contributed by atoms with van der Waals surface area (Å²) in [7, 11) is 0. The Hall–Kier alpha value is -2.80. The molecule has 0 unspecified atom stereocenters. The van der Waals surface area contributed by atoms with Crippen molar-refractivity contribution in [3.8, 4) is 0 Å². The van der Waals surface area contributed by atoms with Crippen LogP contribution in [0.3, 0.4) is 0 Å². The molecule has 6 nitrogen and oxygen atoms in total. The van der Waals surface area contributed by atoms with Crippen molar-refractivity contribution in [1.82, 2.24) is 10.6 Å². The molecule has 0 saturated heterocycles. The molecule has 148 valence electrons. The van der Waals surface area contributed by atoms with Crippen molar-refractivity contribution in [2.24, 2.45) is 0 Å². The van der Waals surface area contributed by atoms with Gasteiger partial charge in [0, 0.05) is 12.1 Å². The van der Waals surface area contributed by atoms with Gasteiger partial charge in [-0.05, 0) is 36.1 Å². The lowest BCUT2D eigenvalue weighted by Gasteiger charge is -2.17. The lowest BCUT2D eigenvalue weighted by atomic mass is 10.1. The number of carbonyl (C=O) groups is 3. The fraction of sp³-hybridized carbons (Fsp3) is 0.286. The quantitative estimate of drug-likeness (QED) is 0.598. The van der Waals surface area contributed by atoms with Crippen LogP contribution in [0.25, 0.3) is 0 Å². The minimum absolute atomic E-state index is 0.350. The van der Waals surface area contributed by atoms with E-state index in [9.17, 15) is 14.4 Å². The van der Waals surface area contributed by atoms with Crippen molar-refractivity contribution >= 4 is 29.5 Å². The third kappa shape index (κ3) is 7.44. The Labute approximate surface area is 169 Å². The monoisotopic (exact) mass is 400 g/mol. The molecule has 28 heavy (non-hydrogen) atoms. The second-order valence-corrected chi connectivity index (χ2v) is 7.03. The first-order valence-corrected chi connectivity index (χ1v) is 10.3. The third-order valence-corrected chi connectivity index (χ3v) is 4.56. The lowest BCUT2D eigenvalue weighted by molar-refractivity contribution is -0.150. The summed E-state index contributed by atoms with van der Waals surface area (Å²) in [6, 6.07) is 17.3. The Kier molecular flexibility index (Phi) is 9.07. The van der Waals surface area contributed by atoms with Crippen LogP contribution in [0.1, 0.15) is 22.3 Å². The number of rotatable bonds is 10. The number of carbonyl (C=O) groups excluding carboxylic acids is 3. The summed E-state index contributed by atoms with van der Waals surface area (Å²) in [6.07, 6.45) is 2.34. The van der Waals surface area contributed by atoms with E-state index in [1.807, 2.05) is 42.7 Å². The van der Waals surface area contributed by atoms with Crippen molar-refractivity contribution in [2.75, 3.05) is 18.6 Å². The summed E-state index contributed by atoms with van der Waals surface area (Å²) in [6.45, 7) is -0.0273. The molecular formula is C21H24N2O4S. The molecule has 2 rings (SSSR count). The summed E-state index contributed by atoms with van der Waals surface area (Å²) in [5, 5.41) is 5.39. The normalized spacial score (nSPS) is 11.3. The predicted octanol–water partition coefficient (Wildman–Crippen LogP) is 2.40. The van der Waals surface area contributed by atoms with Crippen molar-refractivity contribution in [3.05, 3.63) is 71.8 Å². The van der Waals surface area contributed by atoms with E-state index in [1.54, 1.807) is 36.0 Å².